The van der Waals surface area contributed by atoms with Gasteiger partial charge in [-0.25, -0.2) is 0 Å². The third-order valence-electron chi connectivity index (χ3n) is 3.55. The molecular weight excluding hydrogens is 252 g/mol. The van der Waals surface area contributed by atoms with Crippen LogP contribution in [0.1, 0.15) is 32.8 Å². The van der Waals surface area contributed by atoms with Crippen molar-refractivity contribution in [1.82, 2.24) is 0 Å². The van der Waals surface area contributed by atoms with E-state index in [1.54, 1.807) is 12.1 Å². The van der Waals surface area contributed by atoms with Crippen molar-refractivity contribution in [3.05, 3.63) is 33.9 Å². The zero-order valence-electron chi connectivity index (χ0n) is 11.2. The fraction of sp³-hybridized carbons (Fsp3) is 0.538. The van der Waals surface area contributed by atoms with Crippen LogP contribution in [0.5, 0.6) is 0 Å². The third kappa shape index (κ3) is 2.93. The third-order valence-corrected chi connectivity index (χ3v) is 3.84. The quantitative estimate of drug-likeness (QED) is 0.462. The molecule has 0 saturated carbocycles. The summed E-state index contributed by atoms with van der Waals surface area (Å²) in [6, 6.07) is 4.84. The molecule has 18 heavy (non-hydrogen) atoms. The standard InChI is InChI=1S/C13H19ClN2O2/c1-5-13(2,3)15(4)12-7-6-11(16(17)18)8-10(12)9-14/h6-8H,5,9H2,1-4H3. The van der Waals surface area contributed by atoms with Crippen LogP contribution in [0.25, 0.3) is 0 Å². The van der Waals surface area contributed by atoms with Gasteiger partial charge < -0.3 is 4.90 Å². The average Bonchev–Trinajstić information content (AvgIpc) is 2.36. The molecule has 5 heteroatoms. The summed E-state index contributed by atoms with van der Waals surface area (Å²) >= 11 is 5.90. The second-order valence-electron chi connectivity index (χ2n) is 4.93. The first kappa shape index (κ1) is 14.8. The van der Waals surface area contributed by atoms with Gasteiger partial charge in [0.1, 0.15) is 0 Å². The maximum atomic E-state index is 10.8. The highest BCUT2D eigenvalue weighted by atomic mass is 35.5. The van der Waals surface area contributed by atoms with E-state index in [4.69, 9.17) is 11.6 Å². The predicted octanol–water partition coefficient (Wildman–Crippen LogP) is 3.96. The molecule has 0 atom stereocenters. The minimum Gasteiger partial charge on any atom is -0.369 e. The second kappa shape index (κ2) is 5.57. The van der Waals surface area contributed by atoms with Crippen molar-refractivity contribution in [2.45, 2.75) is 38.6 Å². The van der Waals surface area contributed by atoms with Crippen LogP contribution in [0.15, 0.2) is 18.2 Å². The Morgan fingerprint density at radius 3 is 2.50 bits per heavy atom. The molecule has 0 aliphatic heterocycles. The van der Waals surface area contributed by atoms with Crippen LogP contribution in [-0.2, 0) is 5.88 Å². The van der Waals surface area contributed by atoms with Crippen LogP contribution >= 0.6 is 11.6 Å². The summed E-state index contributed by atoms with van der Waals surface area (Å²) in [6.45, 7) is 6.38. The van der Waals surface area contributed by atoms with Crippen molar-refractivity contribution >= 4 is 23.0 Å². The van der Waals surface area contributed by atoms with Crippen LogP contribution < -0.4 is 4.90 Å². The van der Waals surface area contributed by atoms with Crippen molar-refractivity contribution in [3.8, 4) is 0 Å². The molecule has 0 aliphatic rings. The van der Waals surface area contributed by atoms with Gasteiger partial charge in [-0.1, -0.05) is 6.92 Å². The van der Waals surface area contributed by atoms with Gasteiger partial charge in [0.15, 0.2) is 0 Å². The number of alkyl halides is 1. The smallest absolute Gasteiger partial charge is 0.269 e. The Kier molecular flexibility index (Phi) is 4.57. The summed E-state index contributed by atoms with van der Waals surface area (Å²) in [5.41, 5.74) is 1.80. The van der Waals surface area contributed by atoms with Crippen LogP contribution in [-0.4, -0.2) is 17.5 Å². The molecule has 0 amide bonds. The first-order valence-electron chi connectivity index (χ1n) is 5.90. The van der Waals surface area contributed by atoms with Gasteiger partial charge in [0, 0.05) is 36.3 Å². The van der Waals surface area contributed by atoms with Crippen molar-refractivity contribution in [2.24, 2.45) is 0 Å². The normalized spacial score (nSPS) is 11.4. The van der Waals surface area contributed by atoms with Crippen molar-refractivity contribution < 1.29 is 4.92 Å². The fourth-order valence-corrected chi connectivity index (χ4v) is 1.90. The first-order chi connectivity index (χ1) is 8.33. The zero-order chi connectivity index (χ0) is 13.9. The molecule has 0 heterocycles. The summed E-state index contributed by atoms with van der Waals surface area (Å²) in [5, 5.41) is 10.8. The van der Waals surface area contributed by atoms with E-state index in [0.29, 0.717) is 0 Å². The van der Waals surface area contributed by atoms with E-state index >= 15 is 0 Å². The van der Waals surface area contributed by atoms with E-state index in [9.17, 15) is 10.1 Å². The topological polar surface area (TPSA) is 46.4 Å². The van der Waals surface area contributed by atoms with E-state index < -0.39 is 4.92 Å². The fourth-order valence-electron chi connectivity index (χ4n) is 1.68. The zero-order valence-corrected chi connectivity index (χ0v) is 12.0. The Bertz CT molecular complexity index is 447. The van der Waals surface area contributed by atoms with Crippen molar-refractivity contribution in [2.75, 3.05) is 11.9 Å². The minimum absolute atomic E-state index is 0.0169. The molecule has 0 bridgehead atoms. The van der Waals surface area contributed by atoms with Gasteiger partial charge in [-0.05, 0) is 31.9 Å². The minimum atomic E-state index is -0.398. The summed E-state index contributed by atoms with van der Waals surface area (Å²) in [5.74, 6) is 0.265. The summed E-state index contributed by atoms with van der Waals surface area (Å²) < 4.78 is 0. The molecule has 4 nitrogen and oxygen atoms in total. The monoisotopic (exact) mass is 270 g/mol. The van der Waals surface area contributed by atoms with Crippen LogP contribution in [0.4, 0.5) is 11.4 Å². The number of rotatable bonds is 5. The maximum absolute atomic E-state index is 10.8. The van der Waals surface area contributed by atoms with Gasteiger partial charge in [-0.3, -0.25) is 10.1 Å². The van der Waals surface area contributed by atoms with Crippen LogP contribution in [0.2, 0.25) is 0 Å². The van der Waals surface area contributed by atoms with Crippen LogP contribution in [0, 0.1) is 10.1 Å². The first-order valence-corrected chi connectivity index (χ1v) is 6.44. The number of benzene rings is 1. The second-order valence-corrected chi connectivity index (χ2v) is 5.20. The number of halogens is 1. The highest BCUT2D eigenvalue weighted by molar-refractivity contribution is 6.17. The van der Waals surface area contributed by atoms with Crippen LogP contribution in [0.3, 0.4) is 0 Å². The van der Waals surface area contributed by atoms with Gasteiger partial charge in [0.05, 0.1) is 4.92 Å². The molecule has 0 aliphatic carbocycles. The highest BCUT2D eigenvalue weighted by Crippen LogP contribution is 2.31. The molecule has 1 aromatic rings. The van der Waals surface area contributed by atoms with Crippen molar-refractivity contribution in [3.63, 3.8) is 0 Å². The lowest BCUT2D eigenvalue weighted by Gasteiger charge is -2.37. The molecule has 1 aromatic carbocycles. The molecule has 0 fully saturated rings. The number of nitro groups is 1. The number of hydrogen-bond acceptors (Lipinski definition) is 3. The molecule has 0 radical (unpaired) electrons. The predicted molar refractivity (Wildman–Crippen MR) is 75.4 cm³/mol. The lowest BCUT2D eigenvalue weighted by atomic mass is 9.98. The van der Waals surface area contributed by atoms with Gasteiger partial charge in [0.2, 0.25) is 0 Å². The molecular formula is C13H19ClN2O2. The summed E-state index contributed by atoms with van der Waals surface area (Å²) in [4.78, 5) is 12.5. The van der Waals surface area contributed by atoms with Gasteiger partial charge in [0.25, 0.3) is 5.69 Å². The Hall–Kier alpha value is -1.29. The number of nitro benzene ring substituents is 1. The molecule has 0 unspecified atom stereocenters. The van der Waals surface area contributed by atoms with E-state index in [2.05, 4.69) is 25.7 Å². The Labute approximate surface area is 113 Å². The molecule has 0 N–H and O–H groups in total. The Morgan fingerprint density at radius 2 is 2.06 bits per heavy atom. The molecule has 0 spiro atoms. The number of non-ortho nitro benzene ring substituents is 1. The van der Waals surface area contributed by atoms with E-state index in [-0.39, 0.29) is 17.1 Å². The number of nitrogens with zero attached hydrogens (tertiary/aromatic N) is 2. The van der Waals surface area contributed by atoms with Gasteiger partial charge >= 0.3 is 0 Å². The van der Waals surface area contributed by atoms with Gasteiger partial charge in [-0.15, -0.1) is 11.6 Å². The Balaban J connectivity index is 3.21. The lowest BCUT2D eigenvalue weighted by molar-refractivity contribution is -0.384. The number of hydrogen-bond donors (Lipinski definition) is 0. The molecule has 100 valence electrons. The molecule has 0 aromatic heterocycles. The van der Waals surface area contributed by atoms with Gasteiger partial charge in [-0.2, -0.15) is 0 Å². The van der Waals surface area contributed by atoms with E-state index in [1.165, 1.54) is 6.07 Å². The summed E-state index contributed by atoms with van der Waals surface area (Å²) in [7, 11) is 1.99. The summed E-state index contributed by atoms with van der Waals surface area (Å²) in [6.07, 6.45) is 0.974. The SMILES string of the molecule is CCC(C)(C)N(C)c1ccc([N+](=O)[O-])cc1CCl. The maximum Gasteiger partial charge on any atom is 0.269 e. The van der Waals surface area contributed by atoms with E-state index in [1.807, 2.05) is 7.05 Å². The Morgan fingerprint density at radius 1 is 1.44 bits per heavy atom. The van der Waals surface area contributed by atoms with Crippen molar-refractivity contribution in [1.29, 1.82) is 0 Å². The average molecular weight is 271 g/mol. The highest BCUT2D eigenvalue weighted by Gasteiger charge is 2.24. The van der Waals surface area contributed by atoms with E-state index in [0.717, 1.165) is 17.7 Å². The number of anilines is 1. The molecule has 0 saturated heterocycles. The largest absolute Gasteiger partial charge is 0.369 e. The lowest BCUT2D eigenvalue weighted by Crippen LogP contribution is -2.41. The molecule has 1 rings (SSSR count).